The molecular weight excluding hydrogens is 330 g/mol. The van der Waals surface area contributed by atoms with Crippen molar-refractivity contribution < 1.29 is 14.3 Å². The Labute approximate surface area is 148 Å². The van der Waals surface area contributed by atoms with Gasteiger partial charge in [-0.3, -0.25) is 0 Å². The molecule has 0 unspecified atom stereocenters. The Hall–Kier alpha value is -1.56. The van der Waals surface area contributed by atoms with E-state index in [0.717, 1.165) is 38.8 Å². The van der Waals surface area contributed by atoms with Gasteiger partial charge in [-0.15, -0.1) is 0 Å². The molecule has 1 atom stereocenters. The Bertz CT molecular complexity index is 516. The van der Waals surface area contributed by atoms with E-state index in [9.17, 15) is 4.79 Å². The number of aromatic nitrogens is 2. The fourth-order valence-corrected chi connectivity index (χ4v) is 2.90. The predicted molar refractivity (Wildman–Crippen MR) is 92.3 cm³/mol. The van der Waals surface area contributed by atoms with Gasteiger partial charge in [0.15, 0.2) is 5.75 Å². The van der Waals surface area contributed by atoms with Gasteiger partial charge in [0.1, 0.15) is 0 Å². The third-order valence-electron chi connectivity index (χ3n) is 4.12. The topological polar surface area (TPSA) is 64.5 Å². The molecule has 6 nitrogen and oxygen atoms in total. The summed E-state index contributed by atoms with van der Waals surface area (Å²) in [7, 11) is 0. The molecule has 0 bridgehead atoms. The Morgan fingerprint density at radius 2 is 1.92 bits per heavy atom. The fourth-order valence-electron chi connectivity index (χ4n) is 2.80. The minimum absolute atomic E-state index is 0.0648. The van der Waals surface area contributed by atoms with Crippen LogP contribution in [-0.2, 0) is 4.74 Å². The monoisotopic (exact) mass is 355 g/mol. The van der Waals surface area contributed by atoms with Crippen molar-refractivity contribution in [1.29, 1.82) is 0 Å². The summed E-state index contributed by atoms with van der Waals surface area (Å²) in [4.78, 5) is 21.5. The summed E-state index contributed by atoms with van der Waals surface area (Å²) in [5, 5.41) is 0.220. The molecule has 24 heavy (non-hydrogen) atoms. The summed E-state index contributed by atoms with van der Waals surface area (Å²) in [5.74, 6) is 1.26. The summed E-state index contributed by atoms with van der Waals surface area (Å²) in [5.41, 5.74) is 0. The average molecular weight is 356 g/mol. The van der Waals surface area contributed by atoms with Gasteiger partial charge in [0.25, 0.3) is 0 Å². The number of carbonyl (C=O) groups is 1. The van der Waals surface area contributed by atoms with Crippen molar-refractivity contribution in [2.24, 2.45) is 5.92 Å². The molecular formula is C17H26ClN3O3. The Kier molecular flexibility index (Phi) is 7.09. The summed E-state index contributed by atoms with van der Waals surface area (Å²) in [6.07, 6.45) is 7.10. The zero-order valence-electron chi connectivity index (χ0n) is 14.6. The van der Waals surface area contributed by atoms with Crippen LogP contribution in [0.1, 0.15) is 46.5 Å². The van der Waals surface area contributed by atoms with Gasteiger partial charge in [0.2, 0.25) is 5.28 Å². The Morgan fingerprint density at radius 3 is 2.50 bits per heavy atom. The normalized spacial score (nSPS) is 17.0. The maximum absolute atomic E-state index is 11.9. The first-order chi connectivity index (χ1) is 11.4. The first-order valence-corrected chi connectivity index (χ1v) is 8.91. The van der Waals surface area contributed by atoms with Crippen molar-refractivity contribution in [3.05, 3.63) is 17.7 Å². The number of ether oxygens (including phenoxy) is 2. The smallest absolute Gasteiger partial charge is 0.410 e. The quantitative estimate of drug-likeness (QED) is 0.723. The Balaban J connectivity index is 1.66. The van der Waals surface area contributed by atoms with Gasteiger partial charge in [0.05, 0.1) is 24.6 Å². The maximum Gasteiger partial charge on any atom is 0.410 e. The second-order valence-electron chi connectivity index (χ2n) is 6.56. The highest BCUT2D eigenvalue weighted by atomic mass is 35.5. The molecule has 1 aliphatic heterocycles. The molecule has 0 aliphatic carbocycles. The lowest BCUT2D eigenvalue weighted by Gasteiger charge is -2.32. The lowest BCUT2D eigenvalue weighted by molar-refractivity contribution is 0.0636. The van der Waals surface area contributed by atoms with Crippen LogP contribution in [0.4, 0.5) is 4.79 Å². The Morgan fingerprint density at radius 1 is 1.29 bits per heavy atom. The average Bonchev–Trinajstić information content (AvgIpc) is 2.55. The molecule has 0 aromatic carbocycles. The van der Waals surface area contributed by atoms with Gasteiger partial charge >= 0.3 is 6.09 Å². The first-order valence-electron chi connectivity index (χ1n) is 8.53. The van der Waals surface area contributed by atoms with Gasteiger partial charge in [0, 0.05) is 13.1 Å². The molecule has 7 heteroatoms. The van der Waals surface area contributed by atoms with Crippen molar-refractivity contribution in [2.75, 3.05) is 13.1 Å². The van der Waals surface area contributed by atoms with E-state index in [0.29, 0.717) is 11.7 Å². The van der Waals surface area contributed by atoms with Crippen LogP contribution in [0.15, 0.2) is 12.4 Å². The SMILES string of the molecule is CC(C)OC(=O)N1CCC(CC[C@@H](C)Oc2cnc(Cl)nc2)CC1. The van der Waals surface area contributed by atoms with Crippen LogP contribution < -0.4 is 4.74 Å². The molecule has 2 heterocycles. The number of rotatable bonds is 6. The summed E-state index contributed by atoms with van der Waals surface area (Å²) in [6.45, 7) is 7.34. The van der Waals surface area contributed by atoms with Crippen molar-refractivity contribution in [3.8, 4) is 5.75 Å². The van der Waals surface area contributed by atoms with Crippen LogP contribution in [0.2, 0.25) is 5.28 Å². The number of halogens is 1. The third kappa shape index (κ3) is 6.15. The zero-order chi connectivity index (χ0) is 17.5. The summed E-state index contributed by atoms with van der Waals surface area (Å²) in [6, 6.07) is 0. The molecule has 1 aromatic heterocycles. The maximum atomic E-state index is 11.9. The van der Waals surface area contributed by atoms with Crippen LogP contribution in [0.3, 0.4) is 0 Å². The number of amides is 1. The highest BCUT2D eigenvalue weighted by Crippen LogP contribution is 2.24. The van der Waals surface area contributed by atoms with E-state index < -0.39 is 0 Å². The van der Waals surface area contributed by atoms with Gasteiger partial charge in [-0.25, -0.2) is 14.8 Å². The molecule has 1 aromatic rings. The number of hydrogen-bond donors (Lipinski definition) is 0. The molecule has 0 radical (unpaired) electrons. The number of hydrogen-bond acceptors (Lipinski definition) is 5. The largest absolute Gasteiger partial charge is 0.487 e. The zero-order valence-corrected chi connectivity index (χ0v) is 15.3. The molecule has 2 rings (SSSR count). The second-order valence-corrected chi connectivity index (χ2v) is 6.89. The lowest BCUT2D eigenvalue weighted by atomic mass is 9.91. The van der Waals surface area contributed by atoms with Gasteiger partial charge in [-0.2, -0.15) is 0 Å². The molecule has 1 aliphatic rings. The van der Waals surface area contributed by atoms with Crippen molar-refractivity contribution in [3.63, 3.8) is 0 Å². The number of nitrogens with zero attached hydrogens (tertiary/aromatic N) is 3. The molecule has 0 spiro atoms. The van der Waals surface area contributed by atoms with E-state index in [1.165, 1.54) is 0 Å². The standard InChI is InChI=1S/C17H26ClN3O3/c1-12(2)23-17(22)21-8-6-14(7-9-21)5-4-13(3)24-15-10-19-16(18)20-11-15/h10-14H,4-9H2,1-3H3/t13-/m1/s1. The van der Waals surface area contributed by atoms with E-state index in [1.54, 1.807) is 12.4 Å². The fraction of sp³-hybridized carbons (Fsp3) is 0.706. The van der Waals surface area contributed by atoms with E-state index in [-0.39, 0.29) is 23.6 Å². The van der Waals surface area contributed by atoms with E-state index in [2.05, 4.69) is 9.97 Å². The molecule has 0 N–H and O–H groups in total. The minimum atomic E-state index is -0.192. The van der Waals surface area contributed by atoms with Crippen molar-refractivity contribution in [2.45, 2.75) is 58.7 Å². The number of carbonyl (C=O) groups excluding carboxylic acids is 1. The molecule has 134 valence electrons. The van der Waals surface area contributed by atoms with Crippen LogP contribution >= 0.6 is 11.6 Å². The molecule has 1 fully saturated rings. The van der Waals surface area contributed by atoms with Crippen molar-refractivity contribution in [1.82, 2.24) is 14.9 Å². The predicted octanol–water partition coefficient (Wildman–Crippen LogP) is 3.93. The van der Waals surface area contributed by atoms with E-state index >= 15 is 0 Å². The van der Waals surface area contributed by atoms with Gasteiger partial charge in [-0.1, -0.05) is 0 Å². The third-order valence-corrected chi connectivity index (χ3v) is 4.32. The minimum Gasteiger partial charge on any atom is -0.487 e. The second kappa shape index (κ2) is 9.06. The van der Waals surface area contributed by atoms with Crippen LogP contribution in [0, 0.1) is 5.92 Å². The van der Waals surface area contributed by atoms with Crippen LogP contribution in [-0.4, -0.2) is 46.3 Å². The van der Waals surface area contributed by atoms with Crippen LogP contribution in [0.5, 0.6) is 5.75 Å². The highest BCUT2D eigenvalue weighted by molar-refractivity contribution is 6.28. The van der Waals surface area contributed by atoms with Crippen LogP contribution in [0.25, 0.3) is 0 Å². The molecule has 1 amide bonds. The van der Waals surface area contributed by atoms with Gasteiger partial charge in [-0.05, 0) is 64.0 Å². The van der Waals surface area contributed by atoms with Gasteiger partial charge < -0.3 is 14.4 Å². The number of piperidine rings is 1. The molecule has 1 saturated heterocycles. The number of likely N-dealkylation sites (tertiary alicyclic amines) is 1. The first kappa shape index (κ1) is 18.8. The molecule has 0 saturated carbocycles. The summed E-state index contributed by atoms with van der Waals surface area (Å²) < 4.78 is 11.0. The summed E-state index contributed by atoms with van der Waals surface area (Å²) >= 11 is 5.66. The van der Waals surface area contributed by atoms with E-state index in [1.807, 2.05) is 25.7 Å². The lowest BCUT2D eigenvalue weighted by Crippen LogP contribution is -2.39. The highest BCUT2D eigenvalue weighted by Gasteiger charge is 2.24. The van der Waals surface area contributed by atoms with Crippen molar-refractivity contribution >= 4 is 17.7 Å². The van der Waals surface area contributed by atoms with E-state index in [4.69, 9.17) is 21.1 Å².